The van der Waals surface area contributed by atoms with Crippen molar-refractivity contribution in [3.8, 4) is 17.5 Å². The molecule has 130 valence electrons. The molecule has 0 atom stereocenters. The van der Waals surface area contributed by atoms with Crippen LogP contribution in [0.3, 0.4) is 0 Å². The van der Waals surface area contributed by atoms with Crippen LogP contribution in [0.25, 0.3) is 11.4 Å². The number of nitriles is 1. The molecule has 1 amide bonds. The Morgan fingerprint density at radius 1 is 1.15 bits per heavy atom. The SMILES string of the molecule is CC(C)(C)c1ccc(NC(=O)c2ccc(-c3nn[nH]n3)cc2C#N)cc1. The zero-order valence-electron chi connectivity index (χ0n) is 14.7. The molecule has 0 saturated carbocycles. The van der Waals surface area contributed by atoms with Crippen LogP contribution in [0, 0.1) is 11.3 Å². The van der Waals surface area contributed by atoms with E-state index in [4.69, 9.17) is 0 Å². The van der Waals surface area contributed by atoms with Gasteiger partial charge in [-0.3, -0.25) is 4.79 Å². The van der Waals surface area contributed by atoms with Crippen molar-refractivity contribution in [3.05, 3.63) is 59.2 Å². The quantitative estimate of drug-likeness (QED) is 0.756. The van der Waals surface area contributed by atoms with Gasteiger partial charge in [-0.2, -0.15) is 10.5 Å². The van der Waals surface area contributed by atoms with E-state index in [-0.39, 0.29) is 16.9 Å². The zero-order chi connectivity index (χ0) is 18.7. The van der Waals surface area contributed by atoms with Gasteiger partial charge < -0.3 is 5.32 Å². The van der Waals surface area contributed by atoms with E-state index >= 15 is 0 Å². The molecule has 0 spiro atoms. The number of nitrogens with one attached hydrogen (secondary N) is 2. The summed E-state index contributed by atoms with van der Waals surface area (Å²) in [5, 5.41) is 25.8. The average molecular weight is 346 g/mol. The predicted octanol–water partition coefficient (Wildman–Crippen LogP) is 3.29. The summed E-state index contributed by atoms with van der Waals surface area (Å²) in [5.74, 6) is 0.0240. The molecule has 3 rings (SSSR count). The van der Waals surface area contributed by atoms with Crippen LogP contribution in [0.5, 0.6) is 0 Å². The summed E-state index contributed by atoms with van der Waals surface area (Å²) in [6.45, 7) is 6.39. The average Bonchev–Trinajstić information content (AvgIpc) is 3.15. The van der Waals surface area contributed by atoms with E-state index in [1.807, 2.05) is 30.3 Å². The monoisotopic (exact) mass is 346 g/mol. The normalized spacial score (nSPS) is 11.0. The summed E-state index contributed by atoms with van der Waals surface area (Å²) >= 11 is 0. The molecule has 1 aromatic heterocycles. The van der Waals surface area contributed by atoms with Gasteiger partial charge in [0, 0.05) is 11.3 Å². The van der Waals surface area contributed by atoms with Crippen molar-refractivity contribution in [1.82, 2.24) is 20.6 Å². The molecule has 2 N–H and O–H groups in total. The summed E-state index contributed by atoms with van der Waals surface area (Å²) in [7, 11) is 0. The predicted molar refractivity (Wildman–Crippen MR) is 97.4 cm³/mol. The van der Waals surface area contributed by atoms with Gasteiger partial charge in [0.1, 0.15) is 0 Å². The fourth-order valence-electron chi connectivity index (χ4n) is 2.51. The van der Waals surface area contributed by atoms with Gasteiger partial charge in [0.25, 0.3) is 5.91 Å². The van der Waals surface area contributed by atoms with Crippen LogP contribution in [-0.2, 0) is 5.41 Å². The number of aromatic nitrogens is 4. The zero-order valence-corrected chi connectivity index (χ0v) is 14.7. The highest BCUT2D eigenvalue weighted by molar-refractivity contribution is 6.06. The van der Waals surface area contributed by atoms with Crippen molar-refractivity contribution >= 4 is 11.6 Å². The third kappa shape index (κ3) is 3.59. The summed E-state index contributed by atoms with van der Waals surface area (Å²) in [4.78, 5) is 12.6. The van der Waals surface area contributed by atoms with Crippen LogP contribution in [0.15, 0.2) is 42.5 Å². The first kappa shape index (κ1) is 17.3. The number of aromatic amines is 1. The van der Waals surface area contributed by atoms with Crippen molar-refractivity contribution in [2.75, 3.05) is 5.32 Å². The molecular weight excluding hydrogens is 328 g/mol. The Hall–Kier alpha value is -3.53. The Morgan fingerprint density at radius 2 is 1.88 bits per heavy atom. The van der Waals surface area contributed by atoms with Crippen molar-refractivity contribution in [2.24, 2.45) is 0 Å². The van der Waals surface area contributed by atoms with E-state index in [2.05, 4.69) is 46.7 Å². The third-order valence-corrected chi connectivity index (χ3v) is 4.00. The molecule has 0 aliphatic heterocycles. The Kier molecular flexibility index (Phi) is 4.50. The van der Waals surface area contributed by atoms with E-state index in [1.54, 1.807) is 18.2 Å². The minimum Gasteiger partial charge on any atom is -0.322 e. The lowest BCUT2D eigenvalue weighted by Gasteiger charge is -2.19. The maximum Gasteiger partial charge on any atom is 0.257 e. The van der Waals surface area contributed by atoms with Gasteiger partial charge in [-0.1, -0.05) is 39.0 Å². The van der Waals surface area contributed by atoms with Crippen LogP contribution < -0.4 is 5.32 Å². The Balaban J connectivity index is 1.83. The number of tetrazole rings is 1. The molecular formula is C19H18N6O. The lowest BCUT2D eigenvalue weighted by Crippen LogP contribution is -2.14. The van der Waals surface area contributed by atoms with E-state index in [1.165, 1.54) is 5.56 Å². The van der Waals surface area contributed by atoms with E-state index < -0.39 is 0 Å². The molecule has 1 heterocycles. The highest BCUT2D eigenvalue weighted by Crippen LogP contribution is 2.24. The van der Waals surface area contributed by atoms with Gasteiger partial charge in [-0.15, -0.1) is 10.2 Å². The highest BCUT2D eigenvalue weighted by atomic mass is 16.1. The largest absolute Gasteiger partial charge is 0.322 e. The Morgan fingerprint density at radius 3 is 2.46 bits per heavy atom. The van der Waals surface area contributed by atoms with Gasteiger partial charge in [-0.25, -0.2) is 0 Å². The van der Waals surface area contributed by atoms with Gasteiger partial charge in [0.15, 0.2) is 0 Å². The summed E-state index contributed by atoms with van der Waals surface area (Å²) < 4.78 is 0. The lowest BCUT2D eigenvalue weighted by atomic mass is 9.87. The maximum absolute atomic E-state index is 12.6. The molecule has 7 heteroatoms. The molecule has 0 aliphatic carbocycles. The third-order valence-electron chi connectivity index (χ3n) is 4.00. The van der Waals surface area contributed by atoms with Crippen molar-refractivity contribution in [1.29, 1.82) is 5.26 Å². The second kappa shape index (κ2) is 6.76. The summed E-state index contributed by atoms with van der Waals surface area (Å²) in [5.41, 5.74) is 3.05. The van der Waals surface area contributed by atoms with Crippen molar-refractivity contribution in [3.63, 3.8) is 0 Å². The second-order valence-corrected chi connectivity index (χ2v) is 6.89. The summed E-state index contributed by atoms with van der Waals surface area (Å²) in [6.07, 6.45) is 0. The lowest BCUT2D eigenvalue weighted by molar-refractivity contribution is 0.102. The number of amides is 1. The van der Waals surface area contributed by atoms with Gasteiger partial charge >= 0.3 is 0 Å². The molecule has 26 heavy (non-hydrogen) atoms. The first-order valence-electron chi connectivity index (χ1n) is 8.08. The summed E-state index contributed by atoms with van der Waals surface area (Å²) in [6, 6.07) is 14.6. The minimum absolute atomic E-state index is 0.0432. The molecule has 0 fully saturated rings. The molecule has 0 saturated heterocycles. The minimum atomic E-state index is -0.343. The standard InChI is InChI=1S/C19H18N6O/c1-19(2,3)14-5-7-15(8-6-14)21-18(26)16-9-4-12(10-13(16)11-20)17-22-24-25-23-17/h4-10H,1-3H3,(H,21,26)(H,22,23,24,25). The van der Waals surface area contributed by atoms with Gasteiger partial charge in [0.2, 0.25) is 5.82 Å². The topological polar surface area (TPSA) is 107 Å². The first-order valence-corrected chi connectivity index (χ1v) is 8.08. The van der Waals surface area contributed by atoms with Crippen LogP contribution in [-0.4, -0.2) is 26.5 Å². The molecule has 2 aromatic carbocycles. The molecule has 0 bridgehead atoms. The molecule has 0 aliphatic rings. The molecule has 0 unspecified atom stereocenters. The molecule has 0 radical (unpaired) electrons. The van der Waals surface area contributed by atoms with E-state index in [0.29, 0.717) is 22.6 Å². The number of rotatable bonds is 3. The van der Waals surface area contributed by atoms with E-state index in [9.17, 15) is 10.1 Å². The van der Waals surface area contributed by atoms with Crippen LogP contribution in [0.2, 0.25) is 0 Å². The Bertz CT molecular complexity index is 963. The van der Waals surface area contributed by atoms with E-state index in [0.717, 1.165) is 0 Å². The first-order chi connectivity index (χ1) is 12.4. The number of carbonyl (C=O) groups excluding carboxylic acids is 1. The number of benzene rings is 2. The van der Waals surface area contributed by atoms with Gasteiger partial charge in [-0.05, 0) is 40.5 Å². The van der Waals surface area contributed by atoms with Crippen molar-refractivity contribution < 1.29 is 4.79 Å². The number of carbonyl (C=O) groups is 1. The molecule has 3 aromatic rings. The highest BCUT2D eigenvalue weighted by Gasteiger charge is 2.16. The van der Waals surface area contributed by atoms with Gasteiger partial charge in [0.05, 0.1) is 17.2 Å². The number of H-pyrrole nitrogens is 1. The van der Waals surface area contributed by atoms with Crippen LogP contribution in [0.4, 0.5) is 5.69 Å². The number of hydrogen-bond donors (Lipinski definition) is 2. The van der Waals surface area contributed by atoms with Crippen LogP contribution in [0.1, 0.15) is 42.3 Å². The smallest absolute Gasteiger partial charge is 0.257 e. The maximum atomic E-state index is 12.6. The number of hydrogen-bond acceptors (Lipinski definition) is 5. The van der Waals surface area contributed by atoms with Crippen LogP contribution >= 0.6 is 0 Å². The fraction of sp³-hybridized carbons (Fsp3) is 0.211. The fourth-order valence-corrected chi connectivity index (χ4v) is 2.51. The number of anilines is 1. The number of nitrogens with zero attached hydrogens (tertiary/aromatic N) is 4. The molecule has 7 nitrogen and oxygen atoms in total. The Labute approximate surface area is 151 Å². The van der Waals surface area contributed by atoms with Crippen molar-refractivity contribution in [2.45, 2.75) is 26.2 Å². The second-order valence-electron chi connectivity index (χ2n) is 6.89.